The second-order valence-electron chi connectivity index (χ2n) is 5.93. The number of alkyl halides is 6. The Hall–Kier alpha value is -1.02. The molecule has 126 valence electrons. The zero-order valence-electron chi connectivity index (χ0n) is 12.6. The third-order valence-electron chi connectivity index (χ3n) is 3.81. The molecule has 0 aromatic heterocycles. The van der Waals surface area contributed by atoms with Gasteiger partial charge >= 0.3 is 12.4 Å². The standard InChI is InChI=1S/C14H18F6OSi/c1-8(2)22(21,9(3)4)12-6-10(13(15,16)17)5-11(7-12)14(18,19)20/h5-9,21H,1-4H3. The zero-order chi connectivity index (χ0) is 17.5. The van der Waals surface area contributed by atoms with Crippen LogP contribution in [0.3, 0.4) is 0 Å². The van der Waals surface area contributed by atoms with E-state index in [1.165, 1.54) is 0 Å². The Bertz CT molecular complexity index is 493. The molecule has 1 N–H and O–H groups in total. The van der Waals surface area contributed by atoms with Crippen molar-refractivity contribution in [2.45, 2.75) is 51.1 Å². The maximum absolute atomic E-state index is 12.9. The highest BCUT2D eigenvalue weighted by Gasteiger charge is 2.44. The van der Waals surface area contributed by atoms with Gasteiger partial charge in [0.2, 0.25) is 8.32 Å². The van der Waals surface area contributed by atoms with Gasteiger partial charge in [-0.1, -0.05) is 27.7 Å². The normalized spacial score (nSPS) is 14.0. The van der Waals surface area contributed by atoms with Gasteiger partial charge in [-0.3, -0.25) is 0 Å². The van der Waals surface area contributed by atoms with Crippen LogP contribution in [0, 0.1) is 0 Å². The van der Waals surface area contributed by atoms with Crippen molar-refractivity contribution in [2.24, 2.45) is 0 Å². The van der Waals surface area contributed by atoms with Gasteiger partial charge in [0.25, 0.3) is 0 Å². The fraction of sp³-hybridized carbons (Fsp3) is 0.571. The summed E-state index contributed by atoms with van der Waals surface area (Å²) in [5.41, 5.74) is -3.61. The maximum atomic E-state index is 12.9. The quantitative estimate of drug-likeness (QED) is 0.623. The summed E-state index contributed by atoms with van der Waals surface area (Å²) in [4.78, 5) is 10.8. The van der Waals surface area contributed by atoms with Gasteiger partial charge in [0.1, 0.15) is 0 Å². The van der Waals surface area contributed by atoms with E-state index in [0.29, 0.717) is 12.1 Å². The van der Waals surface area contributed by atoms with Crippen LogP contribution in [-0.2, 0) is 12.4 Å². The van der Waals surface area contributed by atoms with Crippen LogP contribution in [0.4, 0.5) is 26.3 Å². The monoisotopic (exact) mass is 344 g/mol. The van der Waals surface area contributed by atoms with E-state index in [9.17, 15) is 31.1 Å². The van der Waals surface area contributed by atoms with Crippen molar-refractivity contribution < 1.29 is 31.1 Å². The zero-order valence-corrected chi connectivity index (χ0v) is 13.6. The Morgan fingerprint density at radius 1 is 0.773 bits per heavy atom. The second-order valence-corrected chi connectivity index (χ2v) is 10.5. The first-order valence-corrected chi connectivity index (χ1v) is 8.83. The van der Waals surface area contributed by atoms with Crippen molar-refractivity contribution >= 4 is 13.5 Å². The highest BCUT2D eigenvalue weighted by atomic mass is 28.4. The topological polar surface area (TPSA) is 20.2 Å². The Morgan fingerprint density at radius 2 is 1.09 bits per heavy atom. The van der Waals surface area contributed by atoms with Crippen LogP contribution in [0.15, 0.2) is 18.2 Å². The lowest BCUT2D eigenvalue weighted by Crippen LogP contribution is -2.54. The third kappa shape index (κ3) is 3.65. The predicted octanol–water partition coefficient (Wildman–Crippen LogP) is 4.69. The summed E-state index contributed by atoms with van der Waals surface area (Å²) in [5, 5.41) is -0.236. The van der Waals surface area contributed by atoms with Crippen molar-refractivity contribution in [1.29, 1.82) is 0 Å². The van der Waals surface area contributed by atoms with Crippen LogP contribution in [0.1, 0.15) is 38.8 Å². The molecule has 1 nitrogen and oxygen atoms in total. The first-order chi connectivity index (χ1) is 9.70. The Kier molecular flexibility index (Phi) is 5.09. The predicted molar refractivity (Wildman–Crippen MR) is 74.2 cm³/mol. The Balaban J connectivity index is 3.67. The van der Waals surface area contributed by atoms with Crippen LogP contribution in [0.25, 0.3) is 0 Å². The number of benzene rings is 1. The van der Waals surface area contributed by atoms with Gasteiger partial charge < -0.3 is 4.80 Å². The van der Waals surface area contributed by atoms with E-state index in [4.69, 9.17) is 0 Å². The van der Waals surface area contributed by atoms with E-state index in [2.05, 4.69) is 0 Å². The molecular formula is C14H18F6OSi. The van der Waals surface area contributed by atoms with Crippen LogP contribution in [0.2, 0.25) is 11.1 Å². The van der Waals surface area contributed by atoms with E-state index in [1.807, 2.05) is 0 Å². The lowest BCUT2D eigenvalue weighted by Gasteiger charge is -2.34. The van der Waals surface area contributed by atoms with Gasteiger partial charge in [-0.05, 0) is 34.5 Å². The molecule has 0 aliphatic rings. The molecule has 1 aromatic carbocycles. The molecule has 0 amide bonds. The summed E-state index contributed by atoms with van der Waals surface area (Å²) >= 11 is 0. The molecule has 0 fully saturated rings. The molecule has 0 radical (unpaired) electrons. The molecule has 0 aliphatic carbocycles. The average Bonchev–Trinajstić information content (AvgIpc) is 2.34. The molecule has 0 bridgehead atoms. The summed E-state index contributed by atoms with van der Waals surface area (Å²) in [6.07, 6.45) is -9.81. The van der Waals surface area contributed by atoms with Crippen LogP contribution < -0.4 is 5.19 Å². The van der Waals surface area contributed by atoms with Crippen molar-refractivity contribution in [2.75, 3.05) is 0 Å². The summed E-state index contributed by atoms with van der Waals surface area (Å²) in [5.74, 6) is 0. The number of hydrogen-bond donors (Lipinski definition) is 1. The molecule has 22 heavy (non-hydrogen) atoms. The van der Waals surface area contributed by atoms with Gasteiger partial charge in [-0.2, -0.15) is 26.3 Å². The van der Waals surface area contributed by atoms with Gasteiger partial charge in [-0.15, -0.1) is 0 Å². The van der Waals surface area contributed by atoms with E-state index < -0.39 is 42.9 Å². The lowest BCUT2D eigenvalue weighted by atomic mass is 10.1. The molecule has 1 aromatic rings. The molecule has 0 spiro atoms. The van der Waals surface area contributed by atoms with E-state index in [1.54, 1.807) is 27.7 Å². The lowest BCUT2D eigenvalue weighted by molar-refractivity contribution is -0.142. The first-order valence-electron chi connectivity index (χ1n) is 6.73. The van der Waals surface area contributed by atoms with Crippen LogP contribution in [-0.4, -0.2) is 13.1 Å². The molecule has 0 saturated carbocycles. The summed E-state index contributed by atoms with van der Waals surface area (Å²) in [6, 6.07) is 1.39. The molecular weight excluding hydrogens is 326 g/mol. The molecule has 0 aliphatic heterocycles. The highest BCUT2D eigenvalue weighted by molar-refractivity contribution is 6.87. The summed E-state index contributed by atoms with van der Waals surface area (Å²) in [6.45, 7) is 6.44. The van der Waals surface area contributed by atoms with Gasteiger partial charge in [0.15, 0.2) is 0 Å². The van der Waals surface area contributed by atoms with Crippen molar-refractivity contribution in [3.8, 4) is 0 Å². The average molecular weight is 344 g/mol. The van der Waals surface area contributed by atoms with Crippen molar-refractivity contribution in [3.63, 3.8) is 0 Å². The first kappa shape index (κ1) is 19.0. The minimum atomic E-state index is -4.90. The summed E-state index contributed by atoms with van der Waals surface area (Å²) in [7, 11) is -3.50. The van der Waals surface area contributed by atoms with Gasteiger partial charge in [0, 0.05) is 0 Å². The van der Waals surface area contributed by atoms with Gasteiger partial charge in [0.05, 0.1) is 11.1 Å². The fourth-order valence-electron chi connectivity index (χ4n) is 2.52. The summed E-state index contributed by atoms with van der Waals surface area (Å²) < 4.78 is 77.4. The van der Waals surface area contributed by atoms with Crippen LogP contribution in [0.5, 0.6) is 0 Å². The van der Waals surface area contributed by atoms with Crippen LogP contribution >= 0.6 is 0 Å². The molecule has 0 atom stereocenters. The maximum Gasteiger partial charge on any atom is 0.416 e. The molecule has 1 rings (SSSR count). The Morgan fingerprint density at radius 3 is 1.32 bits per heavy atom. The minimum absolute atomic E-state index is 0.0823. The highest BCUT2D eigenvalue weighted by Crippen LogP contribution is 2.37. The van der Waals surface area contributed by atoms with E-state index in [0.717, 1.165) is 0 Å². The molecule has 0 unspecified atom stereocenters. The minimum Gasteiger partial charge on any atom is -0.427 e. The van der Waals surface area contributed by atoms with Crippen molar-refractivity contribution in [1.82, 2.24) is 0 Å². The van der Waals surface area contributed by atoms with E-state index >= 15 is 0 Å². The van der Waals surface area contributed by atoms with Crippen molar-refractivity contribution in [3.05, 3.63) is 29.3 Å². The number of hydrogen-bond acceptors (Lipinski definition) is 1. The molecule has 0 heterocycles. The van der Waals surface area contributed by atoms with E-state index in [-0.39, 0.29) is 11.3 Å². The number of halogens is 6. The largest absolute Gasteiger partial charge is 0.427 e. The third-order valence-corrected chi connectivity index (χ3v) is 8.54. The molecule has 0 saturated heterocycles. The molecule has 8 heteroatoms. The van der Waals surface area contributed by atoms with Gasteiger partial charge in [-0.25, -0.2) is 0 Å². The Labute approximate surface area is 126 Å². The fourth-order valence-corrected chi connectivity index (χ4v) is 5.96. The number of rotatable bonds is 3. The second kappa shape index (κ2) is 5.88. The smallest absolute Gasteiger partial charge is 0.416 e. The SMILES string of the molecule is CC(C)[Si](O)(c1cc(C(F)(F)F)cc(C(F)(F)F)c1)C(C)C.